The highest BCUT2D eigenvalue weighted by Crippen LogP contribution is 2.31. The molecule has 0 radical (unpaired) electrons. The van der Waals surface area contributed by atoms with Gasteiger partial charge in [0.1, 0.15) is 11.7 Å². The van der Waals surface area contributed by atoms with E-state index in [-0.39, 0.29) is 30.6 Å². The molecule has 0 saturated heterocycles. The van der Waals surface area contributed by atoms with Gasteiger partial charge in [-0.25, -0.2) is 4.98 Å². The van der Waals surface area contributed by atoms with Crippen molar-refractivity contribution in [3.63, 3.8) is 0 Å². The number of nitrogens with zero attached hydrogens (tertiary/aromatic N) is 4. The van der Waals surface area contributed by atoms with Gasteiger partial charge in [-0.15, -0.1) is 0 Å². The number of fused-ring (bicyclic) bond motifs is 1. The second-order valence-electron chi connectivity index (χ2n) is 9.57. The number of benzene rings is 1. The lowest BCUT2D eigenvalue weighted by Gasteiger charge is -2.37. The van der Waals surface area contributed by atoms with Crippen LogP contribution in [0.2, 0.25) is 0 Å². The molecule has 1 aliphatic rings. The fraction of sp³-hybridized carbons (Fsp3) is 0.393. The molecule has 1 amide bonds. The third-order valence-electron chi connectivity index (χ3n) is 6.64. The van der Waals surface area contributed by atoms with Gasteiger partial charge in [0.05, 0.1) is 12.6 Å². The van der Waals surface area contributed by atoms with Gasteiger partial charge in [0.2, 0.25) is 5.88 Å². The zero-order valence-corrected chi connectivity index (χ0v) is 20.9. The summed E-state index contributed by atoms with van der Waals surface area (Å²) >= 11 is 0. The number of aliphatic hydroxyl groups is 1. The van der Waals surface area contributed by atoms with Crippen LogP contribution in [-0.2, 0) is 6.54 Å². The van der Waals surface area contributed by atoms with Crippen molar-refractivity contribution in [2.75, 3.05) is 26.7 Å². The van der Waals surface area contributed by atoms with Crippen molar-refractivity contribution in [3.8, 4) is 17.0 Å². The number of likely N-dealkylation sites (N-methyl/N-ethyl adjacent to an activating group) is 1. The fourth-order valence-electron chi connectivity index (χ4n) is 4.54. The van der Waals surface area contributed by atoms with E-state index in [0.29, 0.717) is 24.5 Å². The van der Waals surface area contributed by atoms with Crippen LogP contribution in [0.5, 0.6) is 5.88 Å². The predicted molar refractivity (Wildman–Crippen MR) is 136 cm³/mol. The maximum atomic E-state index is 13.7. The van der Waals surface area contributed by atoms with Crippen LogP contribution in [0.25, 0.3) is 11.1 Å². The van der Waals surface area contributed by atoms with E-state index in [4.69, 9.17) is 4.74 Å². The van der Waals surface area contributed by atoms with Crippen LogP contribution in [0.15, 0.2) is 61.1 Å². The van der Waals surface area contributed by atoms with E-state index >= 15 is 0 Å². The molecule has 1 N–H and O–H groups in total. The smallest absolute Gasteiger partial charge is 0.259 e. The van der Waals surface area contributed by atoms with Crippen molar-refractivity contribution in [2.45, 2.75) is 39.5 Å². The number of amides is 1. The molecule has 0 spiro atoms. The summed E-state index contributed by atoms with van der Waals surface area (Å²) in [6.07, 6.45) is 5.22. The minimum absolute atomic E-state index is 0.0373. The Balaban J connectivity index is 1.67. The number of aromatic nitrogens is 2. The lowest BCUT2D eigenvalue weighted by atomic mass is 9.98. The Morgan fingerprint density at radius 1 is 1.20 bits per heavy atom. The van der Waals surface area contributed by atoms with Crippen LogP contribution in [0, 0.1) is 12.8 Å². The SMILES string of the molecule is Cc1ccccc1-c1cnc2c(c1)C(=O)N([C@H](C)CO)C[C@H](C)[C@H](CN(C)Cc1cccnc1)O2. The van der Waals surface area contributed by atoms with E-state index in [2.05, 4.69) is 34.9 Å². The zero-order chi connectivity index (χ0) is 24.9. The van der Waals surface area contributed by atoms with Crippen LogP contribution in [0.3, 0.4) is 0 Å². The average molecular weight is 475 g/mol. The summed E-state index contributed by atoms with van der Waals surface area (Å²) in [5.41, 5.74) is 4.56. The summed E-state index contributed by atoms with van der Waals surface area (Å²) in [6.45, 7) is 7.77. The third kappa shape index (κ3) is 5.69. The van der Waals surface area contributed by atoms with Gasteiger partial charge >= 0.3 is 0 Å². The largest absolute Gasteiger partial charge is 0.472 e. The molecular formula is C28H34N4O3. The van der Waals surface area contributed by atoms with Gasteiger partial charge in [0.15, 0.2) is 0 Å². The fourth-order valence-corrected chi connectivity index (χ4v) is 4.54. The van der Waals surface area contributed by atoms with Crippen molar-refractivity contribution in [2.24, 2.45) is 5.92 Å². The number of ether oxygens (including phenoxy) is 1. The first-order chi connectivity index (χ1) is 16.9. The lowest BCUT2D eigenvalue weighted by molar-refractivity contribution is 0.0325. The number of aliphatic hydroxyl groups excluding tert-OH is 1. The van der Waals surface area contributed by atoms with Crippen LogP contribution in [0.4, 0.5) is 0 Å². The van der Waals surface area contributed by atoms with E-state index in [1.165, 1.54) is 0 Å². The molecule has 184 valence electrons. The number of hydrogen-bond acceptors (Lipinski definition) is 6. The van der Waals surface area contributed by atoms with Crippen molar-refractivity contribution in [1.82, 2.24) is 19.8 Å². The molecule has 0 bridgehead atoms. The highest BCUT2D eigenvalue weighted by Gasteiger charge is 2.34. The van der Waals surface area contributed by atoms with Crippen LogP contribution in [-0.4, -0.2) is 69.7 Å². The Kier molecular flexibility index (Phi) is 7.78. The first-order valence-electron chi connectivity index (χ1n) is 12.1. The molecule has 7 heteroatoms. The third-order valence-corrected chi connectivity index (χ3v) is 6.64. The van der Waals surface area contributed by atoms with Crippen molar-refractivity contribution in [3.05, 3.63) is 77.7 Å². The van der Waals surface area contributed by atoms with Crippen LogP contribution in [0.1, 0.15) is 35.3 Å². The van der Waals surface area contributed by atoms with Gasteiger partial charge in [-0.2, -0.15) is 0 Å². The van der Waals surface area contributed by atoms with Gasteiger partial charge in [0, 0.05) is 49.7 Å². The molecule has 0 saturated carbocycles. The van der Waals surface area contributed by atoms with Gasteiger partial charge in [-0.3, -0.25) is 14.7 Å². The summed E-state index contributed by atoms with van der Waals surface area (Å²) in [5, 5.41) is 9.89. The maximum Gasteiger partial charge on any atom is 0.259 e. The quantitative estimate of drug-likeness (QED) is 0.561. The predicted octanol–water partition coefficient (Wildman–Crippen LogP) is 3.80. The summed E-state index contributed by atoms with van der Waals surface area (Å²) in [7, 11) is 2.05. The van der Waals surface area contributed by atoms with Gasteiger partial charge in [0.25, 0.3) is 5.91 Å². The van der Waals surface area contributed by atoms with Crippen LogP contribution >= 0.6 is 0 Å². The number of rotatable bonds is 7. The second kappa shape index (κ2) is 11.0. The molecule has 1 aliphatic heterocycles. The summed E-state index contributed by atoms with van der Waals surface area (Å²) < 4.78 is 6.43. The Morgan fingerprint density at radius 2 is 2.00 bits per heavy atom. The molecule has 0 unspecified atom stereocenters. The highest BCUT2D eigenvalue weighted by atomic mass is 16.5. The lowest BCUT2D eigenvalue weighted by Crippen LogP contribution is -2.49. The molecule has 7 nitrogen and oxygen atoms in total. The molecule has 3 atom stereocenters. The topological polar surface area (TPSA) is 78.8 Å². The molecule has 4 rings (SSSR count). The second-order valence-corrected chi connectivity index (χ2v) is 9.57. The Morgan fingerprint density at radius 3 is 2.71 bits per heavy atom. The van der Waals surface area contributed by atoms with E-state index in [1.54, 1.807) is 17.3 Å². The normalized spacial score (nSPS) is 19.0. The van der Waals surface area contributed by atoms with E-state index < -0.39 is 0 Å². The van der Waals surface area contributed by atoms with Gasteiger partial charge in [-0.1, -0.05) is 37.3 Å². The highest BCUT2D eigenvalue weighted by molar-refractivity contribution is 5.98. The van der Waals surface area contributed by atoms with E-state index in [1.807, 2.05) is 56.4 Å². The Hall–Kier alpha value is -3.29. The van der Waals surface area contributed by atoms with Gasteiger partial charge < -0.3 is 14.7 Å². The molecule has 3 aromatic rings. The standard InChI is InChI=1S/C28H34N4O3/c1-19-8-5-6-10-24(19)23-12-25-27(30-14-23)35-26(17-31(4)16-22-9-7-11-29-13-22)20(2)15-32(28(25)34)21(3)18-33/h5-14,20-21,26,33H,15-18H2,1-4H3/t20-,21+,26-/m0/s1. The maximum absolute atomic E-state index is 13.7. The molecule has 35 heavy (non-hydrogen) atoms. The molecule has 2 aromatic heterocycles. The summed E-state index contributed by atoms with van der Waals surface area (Å²) in [5.74, 6) is 0.211. The average Bonchev–Trinajstić information content (AvgIpc) is 2.86. The molecule has 3 heterocycles. The zero-order valence-electron chi connectivity index (χ0n) is 20.9. The number of aryl methyl sites for hydroxylation is 1. The molecule has 1 aromatic carbocycles. The number of hydrogen-bond donors (Lipinski definition) is 1. The minimum atomic E-state index is -0.313. The number of carbonyl (C=O) groups is 1. The monoisotopic (exact) mass is 474 g/mol. The Labute approximate surface area is 207 Å². The summed E-state index contributed by atoms with van der Waals surface area (Å²) in [6, 6.07) is 13.6. The van der Waals surface area contributed by atoms with Crippen molar-refractivity contribution in [1.29, 1.82) is 0 Å². The first kappa shape index (κ1) is 24.8. The van der Waals surface area contributed by atoms with Crippen LogP contribution < -0.4 is 4.74 Å². The van der Waals surface area contributed by atoms with E-state index in [9.17, 15) is 9.90 Å². The molecular weight excluding hydrogens is 440 g/mol. The minimum Gasteiger partial charge on any atom is -0.472 e. The summed E-state index contributed by atoms with van der Waals surface area (Å²) in [4.78, 5) is 26.4. The first-order valence-corrected chi connectivity index (χ1v) is 12.1. The van der Waals surface area contributed by atoms with E-state index in [0.717, 1.165) is 28.8 Å². The number of pyridine rings is 2. The molecule has 0 fully saturated rings. The van der Waals surface area contributed by atoms with Gasteiger partial charge in [-0.05, 0) is 49.7 Å². The Bertz CT molecular complexity index is 1150. The van der Waals surface area contributed by atoms with Crippen molar-refractivity contribution < 1.29 is 14.6 Å². The molecule has 0 aliphatic carbocycles. The number of carbonyl (C=O) groups excluding carboxylic acids is 1. The van der Waals surface area contributed by atoms with Crippen molar-refractivity contribution >= 4 is 5.91 Å².